The van der Waals surface area contributed by atoms with Crippen LogP contribution in [0.3, 0.4) is 0 Å². The van der Waals surface area contributed by atoms with Crippen molar-refractivity contribution in [1.29, 1.82) is 0 Å². The third-order valence-corrected chi connectivity index (χ3v) is 3.25. The number of nitro benzene ring substituents is 1. The molecule has 0 unspecified atom stereocenters. The second kappa shape index (κ2) is 6.71. The van der Waals surface area contributed by atoms with E-state index in [-0.39, 0.29) is 5.69 Å². The van der Waals surface area contributed by atoms with Crippen LogP contribution in [0.25, 0.3) is 0 Å². The van der Waals surface area contributed by atoms with E-state index in [9.17, 15) is 10.1 Å². The zero-order valence-electron chi connectivity index (χ0n) is 12.8. The summed E-state index contributed by atoms with van der Waals surface area (Å²) in [6.07, 6.45) is 0. The first-order chi connectivity index (χ1) is 10.5. The zero-order chi connectivity index (χ0) is 16.1. The van der Waals surface area contributed by atoms with Gasteiger partial charge in [-0.3, -0.25) is 15.5 Å². The van der Waals surface area contributed by atoms with Gasteiger partial charge >= 0.3 is 0 Å². The van der Waals surface area contributed by atoms with Crippen LogP contribution >= 0.6 is 0 Å². The number of para-hydroxylation sites is 2. The summed E-state index contributed by atoms with van der Waals surface area (Å²) in [5, 5.41) is 15.2. The van der Waals surface area contributed by atoms with Crippen molar-refractivity contribution in [3.63, 3.8) is 0 Å². The topological polar surface area (TPSA) is 70.8 Å². The minimum atomic E-state index is -0.431. The van der Waals surface area contributed by atoms with Crippen molar-refractivity contribution in [1.82, 2.24) is 0 Å². The van der Waals surface area contributed by atoms with Crippen LogP contribution in [0, 0.1) is 10.1 Å². The molecule has 0 bridgehead atoms. The van der Waals surface area contributed by atoms with E-state index in [1.54, 1.807) is 18.2 Å². The van der Waals surface area contributed by atoms with Gasteiger partial charge in [0, 0.05) is 25.8 Å². The maximum absolute atomic E-state index is 11.0. The van der Waals surface area contributed by atoms with Gasteiger partial charge in [0.1, 0.15) is 5.69 Å². The van der Waals surface area contributed by atoms with Crippen molar-refractivity contribution in [2.24, 2.45) is 5.10 Å². The Morgan fingerprint density at radius 2 is 1.77 bits per heavy atom. The van der Waals surface area contributed by atoms with Crippen LogP contribution < -0.4 is 10.3 Å². The fourth-order valence-electron chi connectivity index (χ4n) is 1.94. The van der Waals surface area contributed by atoms with E-state index in [1.165, 1.54) is 6.07 Å². The van der Waals surface area contributed by atoms with Crippen molar-refractivity contribution in [2.45, 2.75) is 6.92 Å². The van der Waals surface area contributed by atoms with E-state index in [2.05, 4.69) is 10.5 Å². The highest BCUT2D eigenvalue weighted by molar-refractivity contribution is 5.99. The predicted molar refractivity (Wildman–Crippen MR) is 89.7 cm³/mol. The molecule has 0 saturated heterocycles. The second-order valence-corrected chi connectivity index (χ2v) is 5.02. The van der Waals surface area contributed by atoms with E-state index in [4.69, 9.17) is 0 Å². The lowest BCUT2D eigenvalue weighted by atomic mass is 10.1. The molecule has 1 N–H and O–H groups in total. The molecule has 0 aliphatic rings. The number of nitrogens with zero attached hydrogens (tertiary/aromatic N) is 3. The SMILES string of the molecule is C/C(=N/Nc1ccccc1[N+](=O)[O-])c1ccc(N(C)C)cc1. The van der Waals surface area contributed by atoms with Gasteiger partial charge in [0.15, 0.2) is 0 Å². The van der Waals surface area contributed by atoms with Crippen molar-refractivity contribution in [2.75, 3.05) is 24.4 Å². The number of nitro groups is 1. The molecule has 0 amide bonds. The Labute approximate surface area is 129 Å². The van der Waals surface area contributed by atoms with Gasteiger partial charge in [-0.05, 0) is 30.7 Å². The van der Waals surface area contributed by atoms with E-state index in [0.717, 1.165) is 17.0 Å². The monoisotopic (exact) mass is 298 g/mol. The van der Waals surface area contributed by atoms with Crippen molar-refractivity contribution in [3.05, 3.63) is 64.2 Å². The average molecular weight is 298 g/mol. The summed E-state index contributed by atoms with van der Waals surface area (Å²) < 4.78 is 0. The highest BCUT2D eigenvalue weighted by Gasteiger charge is 2.11. The molecule has 0 aliphatic carbocycles. The summed E-state index contributed by atoms with van der Waals surface area (Å²) in [5.41, 5.74) is 5.95. The summed E-state index contributed by atoms with van der Waals surface area (Å²) >= 11 is 0. The number of rotatable bonds is 5. The lowest BCUT2D eigenvalue weighted by Crippen LogP contribution is -2.08. The van der Waals surface area contributed by atoms with Crippen LogP contribution in [0.1, 0.15) is 12.5 Å². The molecule has 6 heteroatoms. The number of hydrogen-bond acceptors (Lipinski definition) is 5. The fourth-order valence-corrected chi connectivity index (χ4v) is 1.94. The molecule has 114 valence electrons. The number of nitrogens with one attached hydrogen (secondary N) is 1. The number of hydrogen-bond donors (Lipinski definition) is 1. The van der Waals surface area contributed by atoms with Gasteiger partial charge in [0.2, 0.25) is 0 Å². The highest BCUT2D eigenvalue weighted by Crippen LogP contribution is 2.23. The molecule has 2 aromatic carbocycles. The summed E-state index contributed by atoms with van der Waals surface area (Å²) in [5.74, 6) is 0. The maximum atomic E-state index is 11.0. The van der Waals surface area contributed by atoms with Crippen LogP contribution in [-0.4, -0.2) is 24.7 Å². The number of benzene rings is 2. The Bertz CT molecular complexity index is 694. The van der Waals surface area contributed by atoms with Crippen LogP contribution in [0.4, 0.5) is 17.1 Å². The first-order valence-corrected chi connectivity index (χ1v) is 6.80. The van der Waals surface area contributed by atoms with Crippen molar-refractivity contribution >= 4 is 22.8 Å². The minimum absolute atomic E-state index is 0.00186. The molecule has 0 heterocycles. The van der Waals surface area contributed by atoms with Crippen LogP contribution in [-0.2, 0) is 0 Å². The third-order valence-electron chi connectivity index (χ3n) is 3.25. The number of hydrazone groups is 1. The molecule has 6 nitrogen and oxygen atoms in total. The van der Waals surface area contributed by atoms with Crippen molar-refractivity contribution in [3.8, 4) is 0 Å². The van der Waals surface area contributed by atoms with Gasteiger partial charge in [0.25, 0.3) is 5.69 Å². The predicted octanol–water partition coefficient (Wildman–Crippen LogP) is 3.50. The van der Waals surface area contributed by atoms with Gasteiger partial charge in [-0.2, -0.15) is 5.10 Å². The maximum Gasteiger partial charge on any atom is 0.294 e. The molecule has 2 aromatic rings. The van der Waals surface area contributed by atoms with Gasteiger partial charge in [0.05, 0.1) is 10.6 Å². The Kier molecular flexibility index (Phi) is 4.73. The molecule has 0 aromatic heterocycles. The molecule has 0 fully saturated rings. The van der Waals surface area contributed by atoms with E-state index in [0.29, 0.717) is 5.69 Å². The van der Waals surface area contributed by atoms with Gasteiger partial charge in [-0.15, -0.1) is 0 Å². The molecule has 0 atom stereocenters. The molecular formula is C16H18N4O2. The average Bonchev–Trinajstić information content (AvgIpc) is 2.52. The Morgan fingerprint density at radius 3 is 2.36 bits per heavy atom. The van der Waals surface area contributed by atoms with Gasteiger partial charge in [-0.25, -0.2) is 0 Å². The molecule has 0 aliphatic heterocycles. The molecular weight excluding hydrogens is 280 g/mol. The molecule has 0 saturated carbocycles. The standard InChI is InChI=1S/C16H18N4O2/c1-12(13-8-10-14(11-9-13)19(2)3)17-18-15-6-4-5-7-16(15)20(21)22/h4-11,18H,1-3H3/b17-12-. The molecule has 22 heavy (non-hydrogen) atoms. The second-order valence-electron chi connectivity index (χ2n) is 5.02. The van der Waals surface area contributed by atoms with Crippen LogP contribution in [0.5, 0.6) is 0 Å². The fraction of sp³-hybridized carbons (Fsp3) is 0.188. The quantitative estimate of drug-likeness (QED) is 0.521. The lowest BCUT2D eigenvalue weighted by molar-refractivity contribution is -0.384. The Balaban J connectivity index is 2.18. The van der Waals surface area contributed by atoms with Gasteiger partial charge in [-0.1, -0.05) is 24.3 Å². The summed E-state index contributed by atoms with van der Waals surface area (Å²) in [4.78, 5) is 12.5. The number of anilines is 2. The summed E-state index contributed by atoms with van der Waals surface area (Å²) in [6, 6.07) is 14.4. The minimum Gasteiger partial charge on any atom is -0.378 e. The molecule has 0 radical (unpaired) electrons. The van der Waals surface area contributed by atoms with Gasteiger partial charge < -0.3 is 4.90 Å². The zero-order valence-corrected chi connectivity index (χ0v) is 12.8. The smallest absolute Gasteiger partial charge is 0.294 e. The van der Waals surface area contributed by atoms with E-state index < -0.39 is 4.92 Å². The highest BCUT2D eigenvalue weighted by atomic mass is 16.6. The largest absolute Gasteiger partial charge is 0.378 e. The summed E-state index contributed by atoms with van der Waals surface area (Å²) in [7, 11) is 3.96. The van der Waals surface area contributed by atoms with E-state index >= 15 is 0 Å². The van der Waals surface area contributed by atoms with Crippen LogP contribution in [0.2, 0.25) is 0 Å². The molecule has 0 spiro atoms. The molecule has 2 rings (SSSR count). The first kappa shape index (κ1) is 15.5. The summed E-state index contributed by atoms with van der Waals surface area (Å²) in [6.45, 7) is 1.85. The lowest BCUT2D eigenvalue weighted by Gasteiger charge is -2.12. The van der Waals surface area contributed by atoms with Crippen molar-refractivity contribution < 1.29 is 4.92 Å². The first-order valence-electron chi connectivity index (χ1n) is 6.80. The van der Waals surface area contributed by atoms with E-state index in [1.807, 2.05) is 50.2 Å². The van der Waals surface area contributed by atoms with Crippen LogP contribution in [0.15, 0.2) is 53.6 Å². The Hall–Kier alpha value is -2.89. The Morgan fingerprint density at radius 1 is 1.14 bits per heavy atom. The normalized spacial score (nSPS) is 11.1. The third kappa shape index (κ3) is 3.60.